The van der Waals surface area contributed by atoms with Crippen LogP contribution in [0.4, 0.5) is 18.9 Å². The molecule has 1 atom stereocenters. The molecule has 1 saturated carbocycles. The summed E-state index contributed by atoms with van der Waals surface area (Å²) in [6, 6.07) is 13.7. The lowest BCUT2D eigenvalue weighted by Crippen LogP contribution is -2.44. The topological polar surface area (TPSA) is 160 Å². The van der Waals surface area contributed by atoms with Crippen molar-refractivity contribution in [3.63, 3.8) is 0 Å². The number of hydrogen-bond acceptors (Lipinski definition) is 8. The van der Waals surface area contributed by atoms with Crippen molar-refractivity contribution in [2.75, 3.05) is 25.0 Å². The molecule has 3 amide bonds. The van der Waals surface area contributed by atoms with Gasteiger partial charge >= 0.3 is 11.9 Å². The van der Waals surface area contributed by atoms with Crippen LogP contribution in [0.1, 0.15) is 96.7 Å². The van der Waals surface area contributed by atoms with Crippen molar-refractivity contribution in [2.24, 2.45) is 13.0 Å². The first kappa shape index (κ1) is 37.1. The number of aryl methyl sites for hydroxylation is 1. The molecule has 13 nitrogen and oxygen atoms in total. The number of nitrogens with zero attached hydrogens (tertiary/aromatic N) is 7. The van der Waals surface area contributed by atoms with Crippen LogP contribution in [0.5, 0.6) is 0 Å². The third kappa shape index (κ3) is 7.07. The zero-order valence-electron chi connectivity index (χ0n) is 30.7. The van der Waals surface area contributed by atoms with Crippen molar-refractivity contribution in [3.8, 4) is 6.07 Å². The Hall–Kier alpha value is -5.82. The summed E-state index contributed by atoms with van der Waals surface area (Å²) in [7, 11) is 1.75. The molecule has 0 radical (unpaired) electrons. The highest BCUT2D eigenvalue weighted by atomic mass is 19.4. The van der Waals surface area contributed by atoms with E-state index >= 15 is 0 Å². The molecule has 56 heavy (non-hydrogen) atoms. The summed E-state index contributed by atoms with van der Waals surface area (Å²) in [6.45, 7) is 2.89. The molecule has 290 valence electrons. The molecule has 3 aromatic heterocycles. The predicted molar refractivity (Wildman–Crippen MR) is 200 cm³/mol. The number of halogens is 3. The van der Waals surface area contributed by atoms with Crippen molar-refractivity contribution in [2.45, 2.75) is 75.5 Å². The lowest BCUT2D eigenvalue weighted by Gasteiger charge is -2.37. The number of likely N-dealkylation sites (tertiary alicyclic amines) is 1. The first-order valence-corrected chi connectivity index (χ1v) is 18.9. The van der Waals surface area contributed by atoms with E-state index in [-0.39, 0.29) is 41.2 Å². The van der Waals surface area contributed by atoms with E-state index in [1.807, 2.05) is 29.1 Å². The Kier molecular flexibility index (Phi) is 9.73. The summed E-state index contributed by atoms with van der Waals surface area (Å²) >= 11 is 0. The van der Waals surface area contributed by atoms with E-state index in [0.29, 0.717) is 23.2 Å². The number of nitriles is 1. The van der Waals surface area contributed by atoms with Crippen LogP contribution in [0, 0.1) is 17.2 Å². The van der Waals surface area contributed by atoms with Gasteiger partial charge in [0.05, 0.1) is 33.8 Å². The van der Waals surface area contributed by atoms with Crippen LogP contribution >= 0.6 is 0 Å². The third-order valence-corrected chi connectivity index (χ3v) is 11.7. The van der Waals surface area contributed by atoms with Gasteiger partial charge in [0.15, 0.2) is 0 Å². The number of carbonyl (C=O) groups excluding carboxylic acids is 3. The second kappa shape index (κ2) is 14.7. The number of alkyl halides is 3. The smallest absolute Gasteiger partial charge is 0.319 e. The van der Waals surface area contributed by atoms with Gasteiger partial charge in [-0.3, -0.25) is 33.5 Å². The summed E-state index contributed by atoms with van der Waals surface area (Å²) < 4.78 is 44.6. The van der Waals surface area contributed by atoms with Crippen LogP contribution in [0.3, 0.4) is 0 Å². The normalized spacial score (nSPS) is 21.3. The Morgan fingerprint density at radius 3 is 2.46 bits per heavy atom. The number of pyridine rings is 1. The minimum absolute atomic E-state index is 0.141. The molecule has 2 aliphatic heterocycles. The van der Waals surface area contributed by atoms with Gasteiger partial charge in [-0.15, -0.1) is 0 Å². The van der Waals surface area contributed by atoms with Crippen LogP contribution < -0.4 is 16.3 Å². The molecule has 1 unspecified atom stereocenters. The SMILES string of the molecule is Cn1c(=O)n(C2CCC(=O)NC2=O)c2cccc(C3CCN(CC4CCC(n5cc6cc(NC(=O)c7cccc(C(F)(F)F)n7)c(C#N)cc6n5)CC4)CC3)c21. The number of hydrogen-bond donors (Lipinski definition) is 2. The molecule has 2 aromatic carbocycles. The monoisotopic (exact) mass is 767 g/mol. The van der Waals surface area contributed by atoms with Crippen LogP contribution in [0.15, 0.2) is 59.5 Å². The number of rotatable bonds is 7. The number of anilines is 1. The summed E-state index contributed by atoms with van der Waals surface area (Å²) in [4.78, 5) is 56.7. The van der Waals surface area contributed by atoms with Gasteiger partial charge in [0.2, 0.25) is 11.8 Å². The molecule has 3 fully saturated rings. The molecule has 2 N–H and O–H groups in total. The number of amides is 3. The third-order valence-electron chi connectivity index (χ3n) is 11.7. The molecule has 0 spiro atoms. The first-order valence-electron chi connectivity index (χ1n) is 18.9. The lowest BCUT2D eigenvalue weighted by molar-refractivity contribution is -0.141. The molecule has 3 aliphatic rings. The number of benzene rings is 2. The van der Waals surface area contributed by atoms with Gasteiger partial charge in [0, 0.05) is 31.6 Å². The molecule has 5 heterocycles. The fourth-order valence-electron chi connectivity index (χ4n) is 8.79. The molecule has 16 heteroatoms. The van der Waals surface area contributed by atoms with Gasteiger partial charge in [-0.2, -0.15) is 23.5 Å². The number of imide groups is 1. The van der Waals surface area contributed by atoms with E-state index in [1.54, 1.807) is 28.3 Å². The highest BCUT2D eigenvalue weighted by Crippen LogP contribution is 2.37. The maximum atomic E-state index is 13.4. The largest absolute Gasteiger partial charge is 0.433 e. The van der Waals surface area contributed by atoms with E-state index in [9.17, 15) is 37.6 Å². The number of fused-ring (bicyclic) bond motifs is 2. The van der Waals surface area contributed by atoms with Gasteiger partial charge in [0.25, 0.3) is 5.91 Å². The Balaban J connectivity index is 0.879. The zero-order chi connectivity index (χ0) is 39.3. The maximum absolute atomic E-state index is 13.4. The molecule has 2 saturated heterocycles. The number of piperidine rings is 2. The Morgan fingerprint density at radius 1 is 1.00 bits per heavy atom. The quantitative estimate of drug-likeness (QED) is 0.196. The summed E-state index contributed by atoms with van der Waals surface area (Å²) in [6.07, 6.45) is 3.53. The van der Waals surface area contributed by atoms with Crippen LogP contribution in [-0.4, -0.2) is 66.2 Å². The standard InChI is InChI=1S/C40H40F3N9O4/c1-49-36-28(4-2-6-32(36)52(39(49)56)33-12-13-35(53)47-38(33)55)24-14-16-50(17-15-24)21-23-8-10-27(11-9-23)51-22-26-19-30(25(20-44)18-31(26)48-51)46-37(54)29-5-3-7-34(45-29)40(41,42)43/h2-7,18-19,22-24,27,33H,8-17,21H2,1H3,(H,46,54)(H,47,53,55). The number of nitrogens with one attached hydrogen (secondary N) is 2. The van der Waals surface area contributed by atoms with Crippen molar-refractivity contribution in [3.05, 3.63) is 87.7 Å². The minimum atomic E-state index is -4.70. The Labute approximate surface area is 319 Å². The highest BCUT2D eigenvalue weighted by Gasteiger charge is 2.35. The highest BCUT2D eigenvalue weighted by molar-refractivity contribution is 6.05. The van der Waals surface area contributed by atoms with E-state index in [0.717, 1.165) is 86.9 Å². The predicted octanol–water partition coefficient (Wildman–Crippen LogP) is 5.82. The molecule has 0 bridgehead atoms. The zero-order valence-corrected chi connectivity index (χ0v) is 30.7. The van der Waals surface area contributed by atoms with Gasteiger partial charge < -0.3 is 10.2 Å². The summed E-state index contributed by atoms with van der Waals surface area (Å²) in [5.41, 5.74) is 1.74. The van der Waals surface area contributed by atoms with Crippen LogP contribution in [-0.2, 0) is 22.8 Å². The second-order valence-electron chi connectivity index (χ2n) is 15.2. The fraction of sp³-hybridized carbons (Fsp3) is 0.425. The second-order valence-corrected chi connectivity index (χ2v) is 15.2. The van der Waals surface area contributed by atoms with Crippen LogP contribution in [0.25, 0.3) is 21.9 Å². The van der Waals surface area contributed by atoms with E-state index in [4.69, 9.17) is 5.10 Å². The van der Waals surface area contributed by atoms with Crippen molar-refractivity contribution < 1.29 is 27.6 Å². The maximum Gasteiger partial charge on any atom is 0.433 e. The fourth-order valence-corrected chi connectivity index (χ4v) is 8.79. The number of para-hydroxylation sites is 1. The molecular formula is C40H40F3N9O4. The molecular weight excluding hydrogens is 727 g/mol. The Bertz CT molecular complexity index is 2460. The van der Waals surface area contributed by atoms with Crippen molar-refractivity contribution >= 4 is 45.3 Å². The van der Waals surface area contributed by atoms with E-state index in [1.165, 1.54) is 6.07 Å². The number of imidazole rings is 1. The number of aromatic nitrogens is 5. The molecule has 1 aliphatic carbocycles. The molecule has 8 rings (SSSR count). The molecule has 5 aromatic rings. The summed E-state index contributed by atoms with van der Waals surface area (Å²) in [5.74, 6) is -0.795. The van der Waals surface area contributed by atoms with Crippen molar-refractivity contribution in [1.29, 1.82) is 5.26 Å². The van der Waals surface area contributed by atoms with Crippen LogP contribution in [0.2, 0.25) is 0 Å². The number of carbonyl (C=O) groups is 3. The van der Waals surface area contributed by atoms with Gasteiger partial charge in [-0.1, -0.05) is 18.2 Å². The average Bonchev–Trinajstić information content (AvgIpc) is 3.72. The first-order chi connectivity index (χ1) is 26.9. The minimum Gasteiger partial charge on any atom is -0.319 e. The van der Waals surface area contributed by atoms with E-state index in [2.05, 4.69) is 26.6 Å². The summed E-state index contributed by atoms with van der Waals surface area (Å²) in [5, 5.41) is 20.2. The van der Waals surface area contributed by atoms with Crippen molar-refractivity contribution in [1.82, 2.24) is 34.1 Å². The Morgan fingerprint density at radius 2 is 1.75 bits per heavy atom. The lowest BCUT2D eigenvalue weighted by atomic mass is 9.84. The van der Waals surface area contributed by atoms with Gasteiger partial charge in [0.1, 0.15) is 23.5 Å². The van der Waals surface area contributed by atoms with Gasteiger partial charge in [-0.05, 0) is 106 Å². The average molecular weight is 768 g/mol. The van der Waals surface area contributed by atoms with Gasteiger partial charge in [-0.25, -0.2) is 9.78 Å². The van der Waals surface area contributed by atoms with E-state index < -0.39 is 35.4 Å².